The average Bonchev–Trinajstić information content (AvgIpc) is 2.96. The van der Waals surface area contributed by atoms with E-state index in [4.69, 9.17) is 0 Å². The van der Waals surface area contributed by atoms with E-state index in [1.54, 1.807) is 6.33 Å². The third-order valence-corrected chi connectivity index (χ3v) is 5.84. The Morgan fingerprint density at radius 1 is 1.05 bits per heavy atom. The van der Waals surface area contributed by atoms with Crippen molar-refractivity contribution >= 4 is 24.8 Å². The van der Waals surface area contributed by atoms with Gasteiger partial charge in [0.15, 0.2) is 0 Å². The third kappa shape index (κ3) is 3.42. The number of hydrogen-bond acceptors (Lipinski definition) is 4. The zero-order valence-electron chi connectivity index (χ0n) is 13.0. The van der Waals surface area contributed by atoms with E-state index < -0.39 is 0 Å². The summed E-state index contributed by atoms with van der Waals surface area (Å²) >= 11 is 0. The maximum atomic E-state index is 4.39. The largest absolute Gasteiger partial charge is 0.317 e. The lowest BCUT2D eigenvalue weighted by Crippen LogP contribution is -2.46. The Labute approximate surface area is 145 Å². The number of aromatic nitrogens is 3. The van der Waals surface area contributed by atoms with E-state index in [2.05, 4.69) is 25.0 Å². The lowest BCUT2D eigenvalue weighted by molar-refractivity contribution is 0.0504. The molecule has 1 spiro atoms. The lowest BCUT2D eigenvalue weighted by Gasteiger charge is -2.46. The minimum Gasteiger partial charge on any atom is -0.317 e. The summed E-state index contributed by atoms with van der Waals surface area (Å²) in [6.07, 6.45) is 10.1. The Morgan fingerprint density at radius 2 is 1.77 bits per heavy atom. The average molecular weight is 348 g/mol. The summed E-state index contributed by atoms with van der Waals surface area (Å²) in [4.78, 5) is 7.04. The molecule has 1 aromatic rings. The van der Waals surface area contributed by atoms with Gasteiger partial charge in [-0.05, 0) is 57.0 Å². The molecule has 0 unspecified atom stereocenters. The van der Waals surface area contributed by atoms with Crippen molar-refractivity contribution in [3.8, 4) is 0 Å². The SMILES string of the molecule is Cl.Cl.c1nc2n(n1)CCN(C1CCC3(CCNCC3)CC1)C2. The summed E-state index contributed by atoms with van der Waals surface area (Å²) in [6, 6.07) is 0.779. The first-order valence-corrected chi connectivity index (χ1v) is 8.16. The molecule has 3 heterocycles. The molecule has 7 heteroatoms. The van der Waals surface area contributed by atoms with Gasteiger partial charge in [0.05, 0.1) is 13.1 Å². The molecule has 0 aromatic carbocycles. The topological polar surface area (TPSA) is 46.0 Å². The number of halogens is 2. The highest BCUT2D eigenvalue weighted by Gasteiger charge is 2.38. The number of nitrogens with one attached hydrogen (secondary N) is 1. The van der Waals surface area contributed by atoms with Crippen molar-refractivity contribution in [1.82, 2.24) is 25.0 Å². The van der Waals surface area contributed by atoms with E-state index in [1.165, 1.54) is 51.6 Å². The maximum absolute atomic E-state index is 4.39. The Bertz CT molecular complexity index is 462. The molecule has 0 radical (unpaired) electrons. The van der Waals surface area contributed by atoms with Crippen molar-refractivity contribution in [3.05, 3.63) is 12.2 Å². The monoisotopic (exact) mass is 347 g/mol. The summed E-state index contributed by atoms with van der Waals surface area (Å²) < 4.78 is 2.06. The van der Waals surface area contributed by atoms with Gasteiger partial charge in [0.2, 0.25) is 0 Å². The molecule has 1 aromatic heterocycles. The van der Waals surface area contributed by atoms with Crippen LogP contribution in [0.4, 0.5) is 0 Å². The van der Waals surface area contributed by atoms with Crippen LogP contribution in [0.2, 0.25) is 0 Å². The van der Waals surface area contributed by atoms with Crippen LogP contribution in [-0.4, -0.2) is 45.3 Å². The van der Waals surface area contributed by atoms with Gasteiger partial charge in [0.1, 0.15) is 12.2 Å². The Morgan fingerprint density at radius 3 is 2.50 bits per heavy atom. The van der Waals surface area contributed by atoms with Crippen molar-refractivity contribution in [2.24, 2.45) is 5.41 Å². The predicted molar refractivity (Wildman–Crippen MR) is 91.7 cm³/mol. The van der Waals surface area contributed by atoms with Gasteiger partial charge in [0.25, 0.3) is 0 Å². The van der Waals surface area contributed by atoms with Crippen molar-refractivity contribution in [3.63, 3.8) is 0 Å². The second kappa shape index (κ2) is 7.47. The molecule has 3 aliphatic rings. The van der Waals surface area contributed by atoms with Crippen LogP contribution in [0.15, 0.2) is 6.33 Å². The van der Waals surface area contributed by atoms with Gasteiger partial charge in [0, 0.05) is 12.6 Å². The van der Waals surface area contributed by atoms with Gasteiger partial charge in [-0.25, -0.2) is 9.67 Å². The van der Waals surface area contributed by atoms with Crippen LogP contribution in [-0.2, 0) is 13.1 Å². The van der Waals surface area contributed by atoms with Gasteiger partial charge in [-0.15, -0.1) is 24.8 Å². The minimum atomic E-state index is 0. The molecular weight excluding hydrogens is 321 g/mol. The number of nitrogens with zero attached hydrogens (tertiary/aromatic N) is 4. The Kier molecular flexibility index (Phi) is 6.11. The van der Waals surface area contributed by atoms with Crippen LogP contribution in [0.1, 0.15) is 44.3 Å². The summed E-state index contributed by atoms with van der Waals surface area (Å²) in [5.41, 5.74) is 0.678. The van der Waals surface area contributed by atoms with E-state index in [-0.39, 0.29) is 24.8 Å². The first kappa shape index (κ1) is 18.0. The highest BCUT2D eigenvalue weighted by atomic mass is 35.5. The van der Waals surface area contributed by atoms with Crippen LogP contribution in [0.3, 0.4) is 0 Å². The third-order valence-electron chi connectivity index (χ3n) is 5.84. The number of hydrogen-bond donors (Lipinski definition) is 1. The van der Waals surface area contributed by atoms with Gasteiger partial charge in [-0.1, -0.05) is 0 Å². The molecule has 0 bridgehead atoms. The Balaban J connectivity index is 0.000000882. The molecule has 0 amide bonds. The summed E-state index contributed by atoms with van der Waals surface area (Å²) in [5.74, 6) is 1.15. The summed E-state index contributed by atoms with van der Waals surface area (Å²) in [5, 5.41) is 7.79. The van der Waals surface area contributed by atoms with E-state index in [0.717, 1.165) is 31.5 Å². The van der Waals surface area contributed by atoms with Crippen LogP contribution in [0, 0.1) is 5.41 Å². The van der Waals surface area contributed by atoms with Crippen LogP contribution in [0.25, 0.3) is 0 Å². The predicted octanol–water partition coefficient (Wildman–Crippen LogP) is 2.25. The number of piperidine rings is 1. The van der Waals surface area contributed by atoms with Gasteiger partial charge in [-0.3, -0.25) is 4.90 Å². The zero-order chi connectivity index (χ0) is 13.4. The summed E-state index contributed by atoms with van der Waals surface area (Å²) in [6.45, 7) is 5.63. The molecule has 2 aliphatic heterocycles. The van der Waals surface area contributed by atoms with Crippen molar-refractivity contribution in [2.75, 3.05) is 19.6 Å². The molecule has 5 nitrogen and oxygen atoms in total. The van der Waals surface area contributed by atoms with Crippen LogP contribution < -0.4 is 5.32 Å². The number of fused-ring (bicyclic) bond motifs is 1. The van der Waals surface area contributed by atoms with Crippen molar-refractivity contribution in [1.29, 1.82) is 0 Å². The van der Waals surface area contributed by atoms with Gasteiger partial charge >= 0.3 is 0 Å². The van der Waals surface area contributed by atoms with Crippen molar-refractivity contribution < 1.29 is 0 Å². The highest BCUT2D eigenvalue weighted by molar-refractivity contribution is 5.85. The second-order valence-electron chi connectivity index (χ2n) is 6.85. The fourth-order valence-electron chi connectivity index (χ4n) is 4.43. The first-order chi connectivity index (χ1) is 9.85. The quantitative estimate of drug-likeness (QED) is 0.846. The molecule has 0 atom stereocenters. The molecule has 1 aliphatic carbocycles. The molecule has 1 saturated heterocycles. The maximum Gasteiger partial charge on any atom is 0.141 e. The molecule has 4 rings (SSSR count). The molecular formula is C15H27Cl2N5. The van der Waals surface area contributed by atoms with Gasteiger partial charge in [-0.2, -0.15) is 5.10 Å². The van der Waals surface area contributed by atoms with E-state index in [1.807, 2.05) is 0 Å². The number of rotatable bonds is 1. The Hall–Kier alpha value is -0.360. The van der Waals surface area contributed by atoms with E-state index in [9.17, 15) is 0 Å². The fourth-order valence-corrected chi connectivity index (χ4v) is 4.43. The molecule has 1 saturated carbocycles. The first-order valence-electron chi connectivity index (χ1n) is 8.16. The smallest absolute Gasteiger partial charge is 0.141 e. The zero-order valence-corrected chi connectivity index (χ0v) is 14.7. The van der Waals surface area contributed by atoms with E-state index >= 15 is 0 Å². The second-order valence-corrected chi connectivity index (χ2v) is 6.85. The van der Waals surface area contributed by atoms with E-state index in [0.29, 0.717) is 5.41 Å². The van der Waals surface area contributed by atoms with Gasteiger partial charge < -0.3 is 5.32 Å². The summed E-state index contributed by atoms with van der Waals surface area (Å²) in [7, 11) is 0. The highest BCUT2D eigenvalue weighted by Crippen LogP contribution is 2.44. The standard InChI is InChI=1S/C15H25N5.2ClH/c1-3-15(5-7-16-8-6-15)4-2-13(1)19-9-10-20-14(11-19)17-12-18-20;;/h12-13,16H,1-11H2;2*1H. The molecule has 126 valence electrons. The van der Waals surface area contributed by atoms with Crippen LogP contribution >= 0.6 is 24.8 Å². The van der Waals surface area contributed by atoms with Crippen molar-refractivity contribution in [2.45, 2.75) is 57.7 Å². The molecule has 1 N–H and O–H groups in total. The minimum absolute atomic E-state index is 0. The molecule has 22 heavy (non-hydrogen) atoms. The molecule has 2 fully saturated rings. The normalized spacial score (nSPS) is 25.1. The van der Waals surface area contributed by atoms with Crippen LogP contribution in [0.5, 0.6) is 0 Å². The fraction of sp³-hybridized carbons (Fsp3) is 0.867. The lowest BCUT2D eigenvalue weighted by atomic mass is 9.67.